The minimum absolute atomic E-state index is 0.132. The van der Waals surface area contributed by atoms with Crippen LogP contribution in [0, 0.1) is 34.5 Å². The zero-order chi connectivity index (χ0) is 22.4. The number of ether oxygens (including phenoxy) is 1. The quantitative estimate of drug-likeness (QED) is 0.392. The second-order valence-corrected chi connectivity index (χ2v) is 10.4. The maximum Gasteiger partial charge on any atom is 0.303 e. The van der Waals surface area contributed by atoms with Crippen LogP contribution in [0.5, 0.6) is 0 Å². The van der Waals surface area contributed by atoms with Crippen LogP contribution in [0.4, 0.5) is 0 Å². The number of aliphatic hydroxyl groups excluding tert-OH is 3. The number of fused-ring (bicyclic) bond motifs is 5. The molecule has 0 bridgehead atoms. The molecular weight excluding hydrogens is 388 g/mol. The van der Waals surface area contributed by atoms with Crippen molar-refractivity contribution in [3.8, 4) is 0 Å². The summed E-state index contributed by atoms with van der Waals surface area (Å²) in [7, 11) is 0. The van der Waals surface area contributed by atoms with Gasteiger partial charge in [-0.15, -0.1) is 0 Å². The maximum atomic E-state index is 13.2. The first kappa shape index (κ1) is 21.7. The van der Waals surface area contributed by atoms with E-state index in [1.165, 1.54) is 6.92 Å². The second kappa shape index (κ2) is 6.25. The van der Waals surface area contributed by atoms with Crippen LogP contribution in [0.3, 0.4) is 0 Å². The molecule has 0 aromatic rings. The number of ketones is 1. The molecule has 7 heteroatoms. The molecule has 1 unspecified atom stereocenters. The third-order valence-electron chi connectivity index (χ3n) is 8.77. The highest BCUT2D eigenvalue weighted by Crippen LogP contribution is 2.76. The molecule has 8 atom stereocenters. The number of Topliss-reactive ketones (excluding diaryl/α,β-unsaturated/α-hetero) is 1. The molecule has 2 fully saturated rings. The van der Waals surface area contributed by atoms with Gasteiger partial charge in [0, 0.05) is 36.0 Å². The SMILES string of the molecule is CC(=O)O[C@@]12[C@H](O)[C@@H](C)[C@]3(O)C4C=C(C)C(=O)[C@@]4(CO)CC(CO)=C[C@H]3[C@@H]1C2(C)C. The van der Waals surface area contributed by atoms with Crippen molar-refractivity contribution in [1.82, 2.24) is 0 Å². The Morgan fingerprint density at radius 2 is 1.90 bits per heavy atom. The third-order valence-corrected chi connectivity index (χ3v) is 8.77. The van der Waals surface area contributed by atoms with Crippen molar-refractivity contribution in [3.05, 3.63) is 23.3 Å². The zero-order valence-corrected chi connectivity index (χ0v) is 18.2. The average Bonchev–Trinajstić information content (AvgIpc) is 3.09. The molecule has 4 rings (SSSR count). The summed E-state index contributed by atoms with van der Waals surface area (Å²) in [5, 5.41) is 44.1. The summed E-state index contributed by atoms with van der Waals surface area (Å²) in [4.78, 5) is 25.1. The third kappa shape index (κ3) is 2.19. The zero-order valence-electron chi connectivity index (χ0n) is 18.2. The Balaban J connectivity index is 1.96. The van der Waals surface area contributed by atoms with Crippen LogP contribution in [0.1, 0.15) is 41.0 Å². The fourth-order valence-corrected chi connectivity index (χ4v) is 7.32. The van der Waals surface area contributed by atoms with E-state index in [4.69, 9.17) is 4.74 Å². The molecule has 4 aliphatic carbocycles. The van der Waals surface area contributed by atoms with Gasteiger partial charge in [-0.05, 0) is 24.5 Å². The number of carbonyl (C=O) groups is 2. The Kier molecular flexibility index (Phi) is 4.52. The number of allylic oxidation sites excluding steroid dienone is 1. The minimum Gasteiger partial charge on any atom is -0.456 e. The van der Waals surface area contributed by atoms with Crippen molar-refractivity contribution >= 4 is 11.8 Å². The molecule has 0 radical (unpaired) electrons. The maximum absolute atomic E-state index is 13.2. The van der Waals surface area contributed by atoms with Gasteiger partial charge in [0.2, 0.25) is 0 Å². The molecule has 0 spiro atoms. The number of esters is 1. The van der Waals surface area contributed by atoms with Crippen molar-refractivity contribution in [1.29, 1.82) is 0 Å². The van der Waals surface area contributed by atoms with E-state index in [0.29, 0.717) is 11.1 Å². The van der Waals surface area contributed by atoms with Crippen molar-refractivity contribution < 1.29 is 34.8 Å². The van der Waals surface area contributed by atoms with Crippen LogP contribution in [0.15, 0.2) is 23.3 Å². The molecule has 0 aliphatic heterocycles. The van der Waals surface area contributed by atoms with E-state index in [9.17, 15) is 30.0 Å². The highest BCUT2D eigenvalue weighted by atomic mass is 16.6. The lowest BCUT2D eigenvalue weighted by Crippen LogP contribution is -2.64. The first-order chi connectivity index (χ1) is 13.9. The number of rotatable bonds is 3. The summed E-state index contributed by atoms with van der Waals surface area (Å²) in [5.41, 5.74) is -3.58. The van der Waals surface area contributed by atoms with Crippen LogP contribution >= 0.6 is 0 Å². The van der Waals surface area contributed by atoms with Gasteiger partial charge >= 0.3 is 5.97 Å². The monoisotopic (exact) mass is 420 g/mol. The lowest BCUT2D eigenvalue weighted by molar-refractivity contribution is -0.214. The van der Waals surface area contributed by atoms with E-state index in [1.807, 2.05) is 13.8 Å². The summed E-state index contributed by atoms with van der Waals surface area (Å²) < 4.78 is 5.74. The standard InChI is InChI=1S/C23H32O7/c1-11-6-16-21(10-25,18(11)27)8-14(9-24)7-15-17-20(4,5)23(17,30-13(3)26)19(28)12(2)22(15,16)29/h6-7,12,15-17,19,24-25,28-29H,8-10H2,1-5H3/t12-,15+,16?,17-,19-,21-,22-,23-/m1/s1. The Labute approximate surface area is 176 Å². The number of aliphatic hydroxyl groups is 4. The fraction of sp³-hybridized carbons (Fsp3) is 0.739. The van der Waals surface area contributed by atoms with E-state index < -0.39 is 64.4 Å². The van der Waals surface area contributed by atoms with E-state index in [-0.39, 0.29) is 18.8 Å². The number of carbonyl (C=O) groups excluding carboxylic acids is 2. The first-order valence-electron chi connectivity index (χ1n) is 10.6. The number of hydrogen-bond donors (Lipinski definition) is 4. The molecule has 0 heterocycles. The van der Waals surface area contributed by atoms with E-state index in [1.54, 1.807) is 26.0 Å². The Morgan fingerprint density at radius 1 is 1.27 bits per heavy atom. The molecule has 4 aliphatic rings. The lowest BCUT2D eigenvalue weighted by atomic mass is 9.56. The largest absolute Gasteiger partial charge is 0.456 e. The predicted molar refractivity (Wildman–Crippen MR) is 107 cm³/mol. The van der Waals surface area contributed by atoms with Gasteiger partial charge in [-0.3, -0.25) is 9.59 Å². The van der Waals surface area contributed by atoms with Gasteiger partial charge in [0.25, 0.3) is 0 Å². The van der Waals surface area contributed by atoms with Gasteiger partial charge in [0.05, 0.1) is 30.3 Å². The van der Waals surface area contributed by atoms with Crippen molar-refractivity contribution in [2.24, 2.45) is 34.5 Å². The van der Waals surface area contributed by atoms with Crippen LogP contribution in [-0.2, 0) is 14.3 Å². The van der Waals surface area contributed by atoms with Gasteiger partial charge in [-0.1, -0.05) is 32.9 Å². The molecule has 166 valence electrons. The number of hydrogen-bond acceptors (Lipinski definition) is 7. The van der Waals surface area contributed by atoms with Crippen molar-refractivity contribution in [2.75, 3.05) is 13.2 Å². The van der Waals surface area contributed by atoms with Crippen LogP contribution in [0.25, 0.3) is 0 Å². The Hall–Kier alpha value is -1.54. The average molecular weight is 421 g/mol. The first-order valence-corrected chi connectivity index (χ1v) is 10.6. The van der Waals surface area contributed by atoms with Crippen LogP contribution < -0.4 is 0 Å². The van der Waals surface area contributed by atoms with E-state index in [2.05, 4.69) is 0 Å². The van der Waals surface area contributed by atoms with Crippen molar-refractivity contribution in [3.63, 3.8) is 0 Å². The summed E-state index contributed by atoms with van der Waals surface area (Å²) in [6, 6.07) is 0. The second-order valence-electron chi connectivity index (χ2n) is 10.4. The van der Waals surface area contributed by atoms with Crippen molar-refractivity contribution in [2.45, 2.75) is 58.3 Å². The predicted octanol–water partition coefficient (Wildman–Crippen LogP) is 0.748. The molecule has 0 amide bonds. The highest BCUT2D eigenvalue weighted by Gasteiger charge is 2.86. The van der Waals surface area contributed by atoms with Crippen LogP contribution in [0.2, 0.25) is 0 Å². The Morgan fingerprint density at radius 3 is 2.43 bits per heavy atom. The molecule has 30 heavy (non-hydrogen) atoms. The summed E-state index contributed by atoms with van der Waals surface area (Å²) in [6.07, 6.45) is 2.50. The molecular formula is C23H32O7. The molecule has 0 aromatic carbocycles. The fourth-order valence-electron chi connectivity index (χ4n) is 7.32. The summed E-state index contributed by atoms with van der Waals surface area (Å²) in [5.74, 6) is -3.19. The van der Waals surface area contributed by atoms with Crippen LogP contribution in [-0.4, -0.2) is 62.7 Å². The normalized spacial score (nSPS) is 48.6. The Bertz CT molecular complexity index is 873. The smallest absolute Gasteiger partial charge is 0.303 e. The molecule has 2 saturated carbocycles. The molecule has 0 saturated heterocycles. The van der Waals surface area contributed by atoms with Gasteiger partial charge in [0.1, 0.15) is 5.60 Å². The molecule has 0 aromatic heterocycles. The van der Waals surface area contributed by atoms with Gasteiger partial charge in [-0.25, -0.2) is 0 Å². The molecule has 7 nitrogen and oxygen atoms in total. The summed E-state index contributed by atoms with van der Waals surface area (Å²) in [6.45, 7) is 7.71. The topological polar surface area (TPSA) is 124 Å². The highest BCUT2D eigenvalue weighted by molar-refractivity contribution is 6.03. The minimum atomic E-state index is -1.56. The van der Waals surface area contributed by atoms with Gasteiger partial charge in [-0.2, -0.15) is 0 Å². The summed E-state index contributed by atoms with van der Waals surface area (Å²) >= 11 is 0. The van der Waals surface area contributed by atoms with Gasteiger partial charge in [0.15, 0.2) is 5.78 Å². The lowest BCUT2D eigenvalue weighted by Gasteiger charge is -2.53. The van der Waals surface area contributed by atoms with E-state index >= 15 is 0 Å². The van der Waals surface area contributed by atoms with Gasteiger partial charge < -0.3 is 25.2 Å². The van der Waals surface area contributed by atoms with E-state index in [0.717, 1.165) is 0 Å². The molecule has 4 N–H and O–H groups in total.